The molecule has 3 nitrogen and oxygen atoms in total. The number of hydrogen-bond acceptors (Lipinski definition) is 3. The number of sulfone groups is 1. The van der Waals surface area contributed by atoms with E-state index in [0.29, 0.717) is 22.6 Å². The number of hydrogen-bond donors (Lipinski definition) is 0. The van der Waals surface area contributed by atoms with Crippen LogP contribution >= 0.6 is 0 Å². The smallest absolute Gasteiger partial charge is 0.210 e. The van der Waals surface area contributed by atoms with E-state index in [-0.39, 0.29) is 9.79 Å². The topological polar surface area (TPSA) is 47.3 Å². The van der Waals surface area contributed by atoms with Crippen LogP contribution in [-0.2, 0) is 9.84 Å². The fourth-order valence-electron chi connectivity index (χ4n) is 2.63. The minimum Gasteiger partial charge on any atom is -0.460 e. The van der Waals surface area contributed by atoms with Crippen LogP contribution < -0.4 is 0 Å². The zero-order valence-electron chi connectivity index (χ0n) is 12.8. The SMILES string of the molecule is Cc1oc2ccc(C(C)C)cc2c1S(=O)(=O)c1ccccc1. The summed E-state index contributed by atoms with van der Waals surface area (Å²) in [5.41, 5.74) is 1.70. The Morgan fingerprint density at radius 3 is 2.32 bits per heavy atom. The van der Waals surface area contributed by atoms with Gasteiger partial charge in [0, 0.05) is 5.39 Å². The third-order valence-electron chi connectivity index (χ3n) is 3.82. The molecule has 1 aromatic heterocycles. The van der Waals surface area contributed by atoms with Gasteiger partial charge in [-0.2, -0.15) is 0 Å². The van der Waals surface area contributed by atoms with Crippen molar-refractivity contribution in [2.45, 2.75) is 36.5 Å². The van der Waals surface area contributed by atoms with Gasteiger partial charge >= 0.3 is 0 Å². The molecule has 2 aromatic carbocycles. The van der Waals surface area contributed by atoms with Gasteiger partial charge in [-0.1, -0.05) is 38.1 Å². The van der Waals surface area contributed by atoms with Gasteiger partial charge in [0.25, 0.3) is 0 Å². The van der Waals surface area contributed by atoms with Gasteiger partial charge in [0.15, 0.2) is 0 Å². The molecule has 4 heteroatoms. The molecule has 0 amide bonds. The normalized spacial score (nSPS) is 12.2. The van der Waals surface area contributed by atoms with E-state index >= 15 is 0 Å². The van der Waals surface area contributed by atoms with Gasteiger partial charge in [-0.3, -0.25) is 0 Å². The van der Waals surface area contributed by atoms with Gasteiger partial charge in [0.05, 0.1) is 4.90 Å². The zero-order chi connectivity index (χ0) is 15.9. The van der Waals surface area contributed by atoms with Crippen molar-refractivity contribution in [1.82, 2.24) is 0 Å². The molecule has 0 aliphatic rings. The Kier molecular flexibility index (Phi) is 3.57. The molecule has 0 atom stereocenters. The summed E-state index contributed by atoms with van der Waals surface area (Å²) in [6.07, 6.45) is 0. The highest BCUT2D eigenvalue weighted by Gasteiger charge is 2.26. The lowest BCUT2D eigenvalue weighted by Gasteiger charge is -2.06. The minimum absolute atomic E-state index is 0.274. The van der Waals surface area contributed by atoms with E-state index in [1.54, 1.807) is 37.3 Å². The lowest BCUT2D eigenvalue weighted by Crippen LogP contribution is -2.02. The van der Waals surface area contributed by atoms with Crippen LogP contribution in [0.3, 0.4) is 0 Å². The molecule has 114 valence electrons. The van der Waals surface area contributed by atoms with Crippen molar-refractivity contribution in [3.8, 4) is 0 Å². The Balaban J connectivity index is 2.31. The maximum absolute atomic E-state index is 13.0. The number of benzene rings is 2. The monoisotopic (exact) mass is 314 g/mol. The third-order valence-corrected chi connectivity index (χ3v) is 5.76. The van der Waals surface area contributed by atoms with Crippen molar-refractivity contribution in [2.24, 2.45) is 0 Å². The highest BCUT2D eigenvalue weighted by molar-refractivity contribution is 7.91. The first-order chi connectivity index (χ1) is 10.4. The van der Waals surface area contributed by atoms with Crippen LogP contribution in [0.5, 0.6) is 0 Å². The molecule has 3 aromatic rings. The van der Waals surface area contributed by atoms with E-state index < -0.39 is 9.84 Å². The van der Waals surface area contributed by atoms with Crippen LogP contribution in [0, 0.1) is 6.92 Å². The van der Waals surface area contributed by atoms with Crippen LogP contribution in [0.1, 0.15) is 31.1 Å². The molecule has 3 rings (SSSR count). The Hall–Kier alpha value is -2.07. The predicted molar refractivity (Wildman–Crippen MR) is 86.9 cm³/mol. The summed E-state index contributed by atoms with van der Waals surface area (Å²) in [6, 6.07) is 14.2. The first-order valence-corrected chi connectivity index (χ1v) is 8.73. The number of fused-ring (bicyclic) bond motifs is 1. The zero-order valence-corrected chi connectivity index (χ0v) is 13.6. The van der Waals surface area contributed by atoms with Gasteiger partial charge in [-0.15, -0.1) is 0 Å². The second-order valence-corrected chi connectivity index (χ2v) is 7.60. The molecule has 0 spiro atoms. The second-order valence-electron chi connectivity index (χ2n) is 5.71. The molecule has 0 aliphatic heterocycles. The Bertz CT molecular complexity index is 920. The average molecular weight is 314 g/mol. The van der Waals surface area contributed by atoms with Crippen LogP contribution in [-0.4, -0.2) is 8.42 Å². The number of aryl methyl sites for hydroxylation is 1. The van der Waals surface area contributed by atoms with E-state index in [9.17, 15) is 8.42 Å². The molecular weight excluding hydrogens is 296 g/mol. The van der Waals surface area contributed by atoms with Crippen LogP contribution in [0.15, 0.2) is 62.7 Å². The van der Waals surface area contributed by atoms with Crippen molar-refractivity contribution >= 4 is 20.8 Å². The first-order valence-electron chi connectivity index (χ1n) is 7.24. The summed E-state index contributed by atoms with van der Waals surface area (Å²) in [5.74, 6) is 0.756. The summed E-state index contributed by atoms with van der Waals surface area (Å²) >= 11 is 0. The maximum atomic E-state index is 13.0. The molecule has 0 radical (unpaired) electrons. The molecule has 0 saturated carbocycles. The molecule has 0 fully saturated rings. The lowest BCUT2D eigenvalue weighted by atomic mass is 10.0. The molecule has 0 aliphatic carbocycles. The third kappa shape index (κ3) is 2.33. The van der Waals surface area contributed by atoms with E-state index in [4.69, 9.17) is 4.42 Å². The van der Waals surface area contributed by atoms with Crippen molar-refractivity contribution in [1.29, 1.82) is 0 Å². The largest absolute Gasteiger partial charge is 0.460 e. The van der Waals surface area contributed by atoms with Gasteiger partial charge in [0.1, 0.15) is 16.2 Å². The van der Waals surface area contributed by atoms with Gasteiger partial charge in [0.2, 0.25) is 9.84 Å². The number of furan rings is 1. The Morgan fingerprint density at radius 1 is 1.00 bits per heavy atom. The van der Waals surface area contributed by atoms with Gasteiger partial charge in [-0.05, 0) is 42.7 Å². The first kappa shape index (κ1) is 14.9. The standard InChI is InChI=1S/C18H18O3S/c1-12(2)14-9-10-17-16(11-14)18(13(3)21-17)22(19,20)15-7-5-4-6-8-15/h4-12H,1-3H3. The Labute approximate surface area is 130 Å². The summed E-state index contributed by atoms with van der Waals surface area (Å²) in [5, 5.41) is 0.660. The van der Waals surface area contributed by atoms with Crippen molar-refractivity contribution < 1.29 is 12.8 Å². The van der Waals surface area contributed by atoms with Crippen molar-refractivity contribution in [3.05, 3.63) is 59.9 Å². The second kappa shape index (κ2) is 5.29. The average Bonchev–Trinajstić information content (AvgIpc) is 2.83. The van der Waals surface area contributed by atoms with Crippen LogP contribution in [0.4, 0.5) is 0 Å². The van der Waals surface area contributed by atoms with Gasteiger partial charge in [-0.25, -0.2) is 8.42 Å². The highest BCUT2D eigenvalue weighted by Crippen LogP contribution is 2.35. The van der Waals surface area contributed by atoms with E-state index in [2.05, 4.69) is 13.8 Å². The summed E-state index contributed by atoms with van der Waals surface area (Å²) in [4.78, 5) is 0.562. The predicted octanol–water partition coefficient (Wildman–Crippen LogP) is 4.70. The molecule has 22 heavy (non-hydrogen) atoms. The van der Waals surface area contributed by atoms with E-state index in [0.717, 1.165) is 5.56 Å². The van der Waals surface area contributed by atoms with Crippen molar-refractivity contribution in [2.75, 3.05) is 0 Å². The molecular formula is C18H18O3S. The summed E-state index contributed by atoms with van der Waals surface area (Å²) < 4.78 is 31.6. The molecule has 0 unspecified atom stereocenters. The minimum atomic E-state index is -3.59. The Morgan fingerprint density at radius 2 is 1.68 bits per heavy atom. The molecule has 0 N–H and O–H groups in total. The fraction of sp³-hybridized carbons (Fsp3) is 0.222. The number of rotatable bonds is 3. The molecule has 0 saturated heterocycles. The van der Waals surface area contributed by atoms with Crippen LogP contribution in [0.2, 0.25) is 0 Å². The summed E-state index contributed by atoms with van der Waals surface area (Å²) in [7, 11) is -3.59. The van der Waals surface area contributed by atoms with E-state index in [1.807, 2.05) is 18.2 Å². The quantitative estimate of drug-likeness (QED) is 0.704. The van der Waals surface area contributed by atoms with Gasteiger partial charge < -0.3 is 4.42 Å². The van der Waals surface area contributed by atoms with E-state index in [1.165, 1.54) is 0 Å². The fourth-order valence-corrected chi connectivity index (χ4v) is 4.25. The maximum Gasteiger partial charge on any atom is 0.210 e. The highest BCUT2D eigenvalue weighted by atomic mass is 32.2. The molecule has 0 bridgehead atoms. The molecule has 1 heterocycles. The van der Waals surface area contributed by atoms with Crippen molar-refractivity contribution in [3.63, 3.8) is 0 Å². The van der Waals surface area contributed by atoms with Crippen LogP contribution in [0.25, 0.3) is 11.0 Å². The lowest BCUT2D eigenvalue weighted by molar-refractivity contribution is 0.557. The summed E-state index contributed by atoms with van der Waals surface area (Å²) in [6.45, 7) is 5.86.